The van der Waals surface area contributed by atoms with Crippen molar-refractivity contribution in [3.63, 3.8) is 0 Å². The highest BCUT2D eigenvalue weighted by Gasteiger charge is 2.26. The van der Waals surface area contributed by atoms with Gasteiger partial charge in [-0.1, -0.05) is 25.4 Å². The summed E-state index contributed by atoms with van der Waals surface area (Å²) >= 11 is 6.01. The van der Waals surface area contributed by atoms with Crippen molar-refractivity contribution in [2.75, 3.05) is 0 Å². The zero-order valence-electron chi connectivity index (χ0n) is 10.8. The van der Waals surface area contributed by atoms with Crippen molar-refractivity contribution in [3.8, 4) is 0 Å². The summed E-state index contributed by atoms with van der Waals surface area (Å²) in [6, 6.07) is 1.73. The van der Waals surface area contributed by atoms with Crippen LogP contribution in [0.4, 0.5) is 4.39 Å². The van der Waals surface area contributed by atoms with E-state index in [4.69, 9.17) is 11.6 Å². The molecule has 2 rings (SSSR count). The van der Waals surface area contributed by atoms with Crippen molar-refractivity contribution in [3.05, 3.63) is 22.5 Å². The van der Waals surface area contributed by atoms with E-state index in [0.717, 1.165) is 5.52 Å². The molecule has 0 bridgehead atoms. The topological polar surface area (TPSA) is 41.0 Å². The van der Waals surface area contributed by atoms with Gasteiger partial charge in [0.25, 0.3) is 0 Å². The lowest BCUT2D eigenvalue weighted by atomic mass is 9.97. The molecule has 0 fully saturated rings. The molecule has 0 aliphatic rings. The van der Waals surface area contributed by atoms with Gasteiger partial charge in [-0.15, -0.1) is 0 Å². The third-order valence-corrected chi connectivity index (χ3v) is 4.00. The molecule has 0 saturated heterocycles. The minimum absolute atomic E-state index is 0.123. The summed E-state index contributed by atoms with van der Waals surface area (Å²) in [5, 5.41) is 13.5. The van der Waals surface area contributed by atoms with Gasteiger partial charge in [-0.3, -0.25) is 9.78 Å². The zero-order chi connectivity index (χ0) is 13.5. The second kappa shape index (κ2) is 4.59. The van der Waals surface area contributed by atoms with Gasteiger partial charge in [-0.2, -0.15) is 0 Å². The minimum atomic E-state index is -0.782. The van der Waals surface area contributed by atoms with Crippen LogP contribution >= 0.6 is 11.6 Å². The maximum absolute atomic E-state index is 13.7. The Bertz CT molecular complexity index is 569. The first-order valence-corrected chi connectivity index (χ1v) is 6.55. The average molecular weight is 273 g/mol. The van der Waals surface area contributed by atoms with Crippen molar-refractivity contribution in [2.24, 2.45) is 0 Å². The first-order chi connectivity index (χ1) is 8.41. The number of benzene rings is 1. The van der Waals surface area contributed by atoms with E-state index in [9.17, 15) is 9.50 Å². The highest BCUT2D eigenvalue weighted by Crippen LogP contribution is 2.31. The first-order valence-electron chi connectivity index (χ1n) is 6.17. The van der Waals surface area contributed by atoms with Crippen molar-refractivity contribution < 1.29 is 9.50 Å². The van der Waals surface area contributed by atoms with E-state index in [1.54, 1.807) is 17.7 Å². The molecular formula is C13H18ClFN2O. The van der Waals surface area contributed by atoms with Gasteiger partial charge in [0.05, 0.1) is 17.7 Å². The van der Waals surface area contributed by atoms with E-state index >= 15 is 0 Å². The molecule has 0 spiro atoms. The van der Waals surface area contributed by atoms with Crippen LogP contribution in [0.15, 0.2) is 6.07 Å². The Morgan fingerprint density at radius 2 is 2.06 bits per heavy atom. The van der Waals surface area contributed by atoms with Gasteiger partial charge in [0.15, 0.2) is 0 Å². The van der Waals surface area contributed by atoms with E-state index in [0.29, 0.717) is 30.5 Å². The van der Waals surface area contributed by atoms with Gasteiger partial charge in [-0.05, 0) is 31.4 Å². The molecule has 18 heavy (non-hydrogen) atoms. The molecule has 100 valence electrons. The van der Waals surface area contributed by atoms with Crippen molar-refractivity contribution in [2.45, 2.75) is 45.8 Å². The number of aromatic nitrogens is 2. The Kier molecular flexibility index (Phi) is 3.43. The molecule has 5 heteroatoms. The number of nitrogens with one attached hydrogen (secondary N) is 1. The number of hydrogen-bond donors (Lipinski definition) is 2. The summed E-state index contributed by atoms with van der Waals surface area (Å²) in [6.07, 6.45) is 1.28. The van der Waals surface area contributed by atoms with Crippen molar-refractivity contribution in [1.82, 2.24) is 9.78 Å². The number of fused-ring (bicyclic) bond motifs is 1. The molecule has 0 atom stereocenters. The van der Waals surface area contributed by atoms with Gasteiger partial charge in [0.1, 0.15) is 16.4 Å². The van der Waals surface area contributed by atoms with Crippen LogP contribution in [0.25, 0.3) is 11.0 Å². The predicted octanol–water partition coefficient (Wildman–Crippen LogP) is 3.62. The van der Waals surface area contributed by atoms with Crippen molar-refractivity contribution >= 4 is 22.6 Å². The van der Waals surface area contributed by atoms with Gasteiger partial charge in [0.2, 0.25) is 0 Å². The minimum Gasteiger partial charge on any atom is -0.388 e. The van der Waals surface area contributed by atoms with Gasteiger partial charge in [-0.25, -0.2) is 4.39 Å². The van der Waals surface area contributed by atoms with E-state index in [1.807, 2.05) is 13.8 Å². The Balaban J connectivity index is 2.41. The Hall–Kier alpha value is -1.00. The third kappa shape index (κ3) is 2.04. The Labute approximate surface area is 111 Å². The molecule has 0 saturated carbocycles. The smallest absolute Gasteiger partial charge is 0.147 e. The molecule has 0 radical (unpaired) electrons. The molecule has 1 aromatic heterocycles. The number of aryl methyl sites for hydroxylation is 1. The number of aromatic amines is 1. The molecule has 0 aliphatic heterocycles. The molecule has 2 aromatic rings. The van der Waals surface area contributed by atoms with Crippen LogP contribution < -0.4 is 0 Å². The number of H-pyrrole nitrogens is 1. The standard InChI is InChI=1S/C13H18ClFN2O/c1-4-13(18,5-2)7-17-12-9(16-17)6-8(3)11(15)10(12)14/h6,16,18H,4-5,7H2,1-3H3. The molecular weight excluding hydrogens is 255 g/mol. The second-order valence-corrected chi connectivity index (χ2v) is 5.22. The summed E-state index contributed by atoms with van der Waals surface area (Å²) in [4.78, 5) is 0. The number of rotatable bonds is 4. The lowest BCUT2D eigenvalue weighted by Crippen LogP contribution is -2.34. The average Bonchev–Trinajstić information content (AvgIpc) is 2.34. The number of hydrogen-bond acceptors (Lipinski definition) is 1. The second-order valence-electron chi connectivity index (χ2n) is 4.85. The van der Waals surface area contributed by atoms with Crippen molar-refractivity contribution in [1.29, 1.82) is 0 Å². The first kappa shape index (κ1) is 13.4. The molecule has 1 heterocycles. The van der Waals surface area contributed by atoms with Gasteiger partial charge >= 0.3 is 0 Å². The normalized spacial score (nSPS) is 12.6. The van der Waals surface area contributed by atoms with Gasteiger partial charge in [0, 0.05) is 0 Å². The molecule has 0 unspecified atom stereocenters. The highest BCUT2D eigenvalue weighted by atomic mass is 35.5. The van der Waals surface area contributed by atoms with E-state index in [1.165, 1.54) is 0 Å². The SMILES string of the molecule is CCC(O)(CC)Cn1[nH]c2cc(C)c(F)c(Cl)c21. The number of aliphatic hydroxyl groups is 1. The number of halogens is 2. The van der Waals surface area contributed by atoms with Gasteiger partial charge < -0.3 is 5.11 Å². The van der Waals surface area contributed by atoms with E-state index < -0.39 is 11.4 Å². The molecule has 2 N–H and O–H groups in total. The quantitative estimate of drug-likeness (QED) is 0.877. The maximum atomic E-state index is 13.7. The summed E-state index contributed by atoms with van der Waals surface area (Å²) in [7, 11) is 0. The van der Waals surface area contributed by atoms with Crippen LogP contribution in [0, 0.1) is 12.7 Å². The third-order valence-electron chi connectivity index (χ3n) is 3.66. The number of nitrogens with zero attached hydrogens (tertiary/aromatic N) is 1. The molecule has 0 aliphatic carbocycles. The van der Waals surface area contributed by atoms with Crippen LogP contribution in [-0.4, -0.2) is 20.5 Å². The lowest BCUT2D eigenvalue weighted by Gasteiger charge is -2.29. The fraction of sp³-hybridized carbons (Fsp3) is 0.538. The summed E-state index contributed by atoms with van der Waals surface area (Å²) in [5.41, 5.74) is 1.19. The van der Waals surface area contributed by atoms with E-state index in [2.05, 4.69) is 5.10 Å². The zero-order valence-corrected chi connectivity index (χ0v) is 11.6. The monoisotopic (exact) mass is 272 g/mol. The summed E-state index contributed by atoms with van der Waals surface area (Å²) in [6.45, 7) is 5.94. The highest BCUT2D eigenvalue weighted by molar-refractivity contribution is 6.35. The fourth-order valence-corrected chi connectivity index (χ4v) is 2.48. The van der Waals surface area contributed by atoms with Crippen LogP contribution in [-0.2, 0) is 6.54 Å². The Morgan fingerprint density at radius 1 is 1.44 bits per heavy atom. The van der Waals surface area contributed by atoms with Crippen LogP contribution in [0.2, 0.25) is 5.02 Å². The maximum Gasteiger partial charge on any atom is 0.147 e. The van der Waals surface area contributed by atoms with Crippen LogP contribution in [0.3, 0.4) is 0 Å². The summed E-state index contributed by atoms with van der Waals surface area (Å²) < 4.78 is 15.4. The van der Waals surface area contributed by atoms with Crippen LogP contribution in [0.5, 0.6) is 0 Å². The Morgan fingerprint density at radius 3 is 2.61 bits per heavy atom. The fourth-order valence-electron chi connectivity index (χ4n) is 2.13. The summed E-state index contributed by atoms with van der Waals surface area (Å²) in [5.74, 6) is -0.390. The molecule has 1 aromatic carbocycles. The largest absolute Gasteiger partial charge is 0.388 e. The van der Waals surface area contributed by atoms with Crippen LogP contribution in [0.1, 0.15) is 32.3 Å². The molecule has 0 amide bonds. The predicted molar refractivity (Wildman–Crippen MR) is 71.5 cm³/mol. The molecule has 3 nitrogen and oxygen atoms in total. The lowest BCUT2D eigenvalue weighted by molar-refractivity contribution is 0.0123. The van der Waals surface area contributed by atoms with E-state index in [-0.39, 0.29) is 5.02 Å².